The van der Waals surface area contributed by atoms with Gasteiger partial charge in [0, 0.05) is 24.2 Å². The van der Waals surface area contributed by atoms with Crippen molar-refractivity contribution < 1.29 is 120 Å². The molecule has 9 aliphatic rings. The monoisotopic (exact) mass is 1680 g/mol. The van der Waals surface area contributed by atoms with Gasteiger partial charge in [-0.25, -0.2) is 24.0 Å². The van der Waals surface area contributed by atoms with Crippen molar-refractivity contribution in [3.63, 3.8) is 0 Å². The summed E-state index contributed by atoms with van der Waals surface area (Å²) in [5.74, 6) is 0.602. The molecule has 120 heavy (non-hydrogen) atoms. The second kappa shape index (κ2) is 39.6. The molecular weight excluding hydrogens is 1570 g/mol. The number of alkyl carbamates (subject to hydrolysis) is 5. The van der Waals surface area contributed by atoms with E-state index in [1.165, 1.54) is 0 Å². The van der Waals surface area contributed by atoms with E-state index in [1.54, 1.807) is 158 Å². The van der Waals surface area contributed by atoms with E-state index in [-0.39, 0.29) is 65.8 Å². The van der Waals surface area contributed by atoms with E-state index in [1.807, 2.05) is 58.1 Å². The Balaban J connectivity index is 0.849. The Kier molecular flexibility index (Phi) is 28.9. The lowest BCUT2D eigenvalue weighted by atomic mass is 9.51. The van der Waals surface area contributed by atoms with Crippen molar-refractivity contribution >= 4 is 38.8 Å². The van der Waals surface area contributed by atoms with Crippen molar-refractivity contribution in [1.82, 2.24) is 31.9 Å². The minimum Gasteiger partial charge on any atom is -0.445 e. The molecule has 6 aromatic carbocycles. The van der Waals surface area contributed by atoms with Gasteiger partial charge in [0.2, 0.25) is 0 Å². The number of amides is 5. The van der Waals surface area contributed by atoms with Crippen molar-refractivity contribution in [3.05, 3.63) is 215 Å². The summed E-state index contributed by atoms with van der Waals surface area (Å²) in [6, 6.07) is 47.3. The normalized spacial score (nSPS) is 32.5. The van der Waals surface area contributed by atoms with E-state index in [2.05, 4.69) is 31.9 Å². The van der Waals surface area contributed by atoms with Crippen LogP contribution in [0, 0.1) is 11.8 Å². The highest BCUT2D eigenvalue weighted by Crippen LogP contribution is 2.57. The average Bonchev–Trinajstić information content (AvgIpc) is 0.768. The first-order chi connectivity index (χ1) is 57.8. The molecule has 5 aliphatic carbocycles. The molecule has 0 spiro atoms. The minimum absolute atomic E-state index is 0.110. The van der Waals surface area contributed by atoms with Crippen LogP contribution in [-0.2, 0) is 104 Å². The number of carbonyl (C=O) groups is 5. The maximum atomic E-state index is 14.8. The molecular formula is C88H112N6O25Si. The predicted molar refractivity (Wildman–Crippen MR) is 431 cm³/mol. The van der Waals surface area contributed by atoms with Gasteiger partial charge in [-0.2, -0.15) is 0 Å². The molecule has 4 saturated heterocycles. The van der Waals surface area contributed by atoms with Gasteiger partial charge >= 0.3 is 30.5 Å². The maximum Gasteiger partial charge on any atom is 0.407 e. The summed E-state index contributed by atoms with van der Waals surface area (Å²) in [4.78, 5) is 71.4. The van der Waals surface area contributed by atoms with Crippen LogP contribution in [0.4, 0.5) is 24.0 Å². The Morgan fingerprint density at radius 3 is 1.43 bits per heavy atom. The summed E-state index contributed by atoms with van der Waals surface area (Å²) in [6.07, 6.45) is -26.1. The SMILES string of the molecule is CC(C)(C)[Si](C)(C)OC[C@H]1O[C@@H](O[C@@H]2[C@@H](O)[C@H](NC(=O)OCc3ccccc3)C[C@H](NC(=O)OCc3ccccc3)[C@H]2O[C@H]2O[C@@H]3COC(c4ccccc4)O[C@H]3[C@H](O)[C@H]2NC(=O)OCc2ccccc2)[C@H](OCCNC23C[C@@H]4C[C@@H](CC(O)(C4)C2)C3)[C@@H]1O[C@H]1O[C@@H](CNC(=O)OCc2ccccc2)[C@@H](O)[C@H](O)[C@H]1NC(=O)OCc1ccccc1. The smallest absolute Gasteiger partial charge is 0.407 e. The molecule has 3 unspecified atom stereocenters. The number of hydrogen-bond acceptors (Lipinski definition) is 26. The molecule has 6 aromatic rings. The molecule has 9 fully saturated rings. The van der Waals surface area contributed by atoms with Crippen LogP contribution in [0.15, 0.2) is 182 Å². The topological polar surface area (TPSA) is 397 Å². The number of aliphatic hydroxyl groups excluding tert-OH is 4. The summed E-state index contributed by atoms with van der Waals surface area (Å²) >= 11 is 0. The lowest BCUT2D eigenvalue weighted by Crippen LogP contribution is -2.71. The zero-order valence-electron chi connectivity index (χ0n) is 67.9. The molecule has 24 atom stereocenters. The molecule has 5 amide bonds. The Morgan fingerprint density at radius 2 is 0.925 bits per heavy atom. The first-order valence-electron chi connectivity index (χ1n) is 41.3. The highest BCUT2D eigenvalue weighted by atomic mass is 28.4. The number of hydrogen-bond donors (Lipinski definition) is 11. The van der Waals surface area contributed by atoms with Crippen LogP contribution in [0.5, 0.6) is 0 Å². The quantitative estimate of drug-likeness (QED) is 0.0110. The average molecular weight is 1680 g/mol. The highest BCUT2D eigenvalue weighted by Gasteiger charge is 2.61. The van der Waals surface area contributed by atoms with Gasteiger partial charge in [0.25, 0.3) is 0 Å². The molecule has 31 nitrogen and oxygen atoms in total. The van der Waals surface area contributed by atoms with Crippen LogP contribution in [0.1, 0.15) is 105 Å². The van der Waals surface area contributed by atoms with E-state index < -0.39 is 184 Å². The van der Waals surface area contributed by atoms with E-state index >= 15 is 0 Å². The lowest BCUT2D eigenvalue weighted by molar-refractivity contribution is -0.358. The van der Waals surface area contributed by atoms with Gasteiger partial charge in [-0.05, 0) is 103 Å². The van der Waals surface area contributed by atoms with Gasteiger partial charge in [-0.1, -0.05) is 203 Å². The van der Waals surface area contributed by atoms with Gasteiger partial charge in [-0.15, -0.1) is 0 Å². The van der Waals surface area contributed by atoms with Gasteiger partial charge < -0.3 is 128 Å². The zero-order chi connectivity index (χ0) is 84.1. The molecule has 0 radical (unpaired) electrons. The van der Waals surface area contributed by atoms with E-state index in [0.717, 1.165) is 19.3 Å². The largest absolute Gasteiger partial charge is 0.445 e. The fourth-order valence-electron chi connectivity index (χ4n) is 17.6. The van der Waals surface area contributed by atoms with E-state index in [9.17, 15) is 49.5 Å². The Bertz CT molecular complexity index is 4270. The maximum absolute atomic E-state index is 14.8. The molecule has 4 aliphatic heterocycles. The van der Waals surface area contributed by atoms with Crippen molar-refractivity contribution in [1.29, 1.82) is 0 Å². The molecule has 11 N–H and O–H groups in total. The molecule has 4 bridgehead atoms. The van der Waals surface area contributed by atoms with Crippen molar-refractivity contribution in [2.24, 2.45) is 11.8 Å². The summed E-state index contributed by atoms with van der Waals surface area (Å²) in [6.45, 7) is 8.38. The summed E-state index contributed by atoms with van der Waals surface area (Å²) < 4.78 is 98.5. The number of benzene rings is 6. The molecule has 4 heterocycles. The Morgan fingerprint density at radius 1 is 0.475 bits per heavy atom. The Labute approximate surface area is 698 Å². The molecule has 15 rings (SSSR count). The third kappa shape index (κ3) is 22.4. The zero-order valence-corrected chi connectivity index (χ0v) is 68.9. The summed E-state index contributed by atoms with van der Waals surface area (Å²) in [7, 11) is -2.83. The Hall–Kier alpha value is -8.75. The van der Waals surface area contributed by atoms with Crippen LogP contribution in [0.2, 0.25) is 18.1 Å². The molecule has 32 heteroatoms. The third-order valence-corrected chi connectivity index (χ3v) is 28.8. The van der Waals surface area contributed by atoms with E-state index in [4.69, 9.17) is 70.7 Å². The van der Waals surface area contributed by atoms with Crippen molar-refractivity contribution in [2.75, 3.05) is 32.9 Å². The standard InChI is InChI=1S/C88H112N6O25Si/c1-86(2,3)120(4,5)112-51-65-74(118-78-66(93-84(102)110-48-56-30-18-9-19-31-56)70(97)69(96)63(113-78)44-89-81(99)107-45-53-24-12-6-13-25-53)76(105-37-36-90-87-40-58-38-59(41-87)43-88(104,42-58)52-87)80(115-65)119-75-68(95)61(91-82(100)108-46-54-26-14-7-15-27-54)39-62(92-83(101)109-47-55-28-16-8-17-29-55)72(75)116-79-67(94-85(103)111-49-57-32-20-10-21-33-57)71(98)73-64(114-79)50-106-77(117-73)60-34-22-11-23-35-60/h6-35,58-59,61-80,90,95-98,104H,36-52H2,1-5H3,(H,89,99)(H,91,100)(H,92,101)(H,93,102)(H,94,103)/t58-,59+,61-,62+,63+,64-,65-,66-,67-,68+,69-,70-,71-,72-,73-,74-,75-,76-,77?,78-,79-,80+,87?,88?/m1/s1. The van der Waals surface area contributed by atoms with Crippen LogP contribution in [0.25, 0.3) is 0 Å². The number of ether oxygens (including phenoxy) is 14. The molecule has 648 valence electrons. The van der Waals surface area contributed by atoms with Crippen LogP contribution < -0.4 is 31.9 Å². The summed E-state index contributed by atoms with van der Waals surface area (Å²) in [5, 5.41) is 80.3. The van der Waals surface area contributed by atoms with Crippen LogP contribution in [0.3, 0.4) is 0 Å². The second-order valence-electron chi connectivity index (χ2n) is 34.1. The van der Waals surface area contributed by atoms with Gasteiger partial charge in [0.05, 0.1) is 37.5 Å². The fourth-order valence-corrected chi connectivity index (χ4v) is 18.6. The number of nitrogens with one attached hydrogen (secondary N) is 6. The van der Waals surface area contributed by atoms with Crippen LogP contribution in [-0.4, -0.2) is 225 Å². The first kappa shape index (κ1) is 87.6. The van der Waals surface area contributed by atoms with E-state index in [0.29, 0.717) is 64.5 Å². The molecule has 5 saturated carbocycles. The lowest BCUT2D eigenvalue weighted by Gasteiger charge is -2.60. The number of rotatable bonds is 31. The summed E-state index contributed by atoms with van der Waals surface area (Å²) in [5.41, 5.74) is 2.56. The molecule has 0 aromatic heterocycles. The van der Waals surface area contributed by atoms with Gasteiger partial charge in [-0.3, -0.25) is 0 Å². The minimum atomic E-state index is -2.83. The number of fused-ring (bicyclic) bond motifs is 1. The number of carbonyl (C=O) groups excluding carboxylic acids is 5. The van der Waals surface area contributed by atoms with Crippen LogP contribution >= 0.6 is 0 Å². The number of aliphatic hydroxyl groups is 5. The first-order valence-corrected chi connectivity index (χ1v) is 44.2. The second-order valence-corrected chi connectivity index (χ2v) is 38.9. The van der Waals surface area contributed by atoms with Gasteiger partial charge in [0.1, 0.15) is 118 Å². The van der Waals surface area contributed by atoms with Gasteiger partial charge in [0.15, 0.2) is 33.5 Å². The van der Waals surface area contributed by atoms with Crippen molar-refractivity contribution in [2.45, 2.75) is 251 Å². The highest BCUT2D eigenvalue weighted by molar-refractivity contribution is 6.74. The third-order valence-electron chi connectivity index (χ3n) is 24.3. The predicted octanol–water partition coefficient (Wildman–Crippen LogP) is 8.46. The van der Waals surface area contributed by atoms with Crippen molar-refractivity contribution in [3.8, 4) is 0 Å². The fraction of sp³-hybridized carbons (Fsp3) is 0.534.